The van der Waals surface area contributed by atoms with E-state index in [-0.39, 0.29) is 18.0 Å². The number of carbonyl (C=O) groups is 2. The number of hydrogen-bond acceptors (Lipinski definition) is 5. The molecule has 0 aromatic carbocycles. The first-order valence-electron chi connectivity index (χ1n) is 6.58. The third-order valence-electron chi connectivity index (χ3n) is 2.95. The summed E-state index contributed by atoms with van der Waals surface area (Å²) in [5.41, 5.74) is 0. The Balaban J connectivity index is 2.28. The Morgan fingerprint density at radius 2 is 2.11 bits per heavy atom. The molecule has 19 heavy (non-hydrogen) atoms. The number of alkyl carbamates (subject to hydrolysis) is 1. The van der Waals surface area contributed by atoms with Crippen LogP contribution in [0.3, 0.4) is 0 Å². The van der Waals surface area contributed by atoms with Gasteiger partial charge in [0.05, 0.1) is 19.8 Å². The van der Waals surface area contributed by atoms with E-state index < -0.39 is 12.2 Å². The topological polar surface area (TPSA) is 73.9 Å². The van der Waals surface area contributed by atoms with Crippen LogP contribution in [0.4, 0.5) is 4.79 Å². The lowest BCUT2D eigenvalue weighted by Crippen LogP contribution is -2.34. The fourth-order valence-electron chi connectivity index (χ4n) is 1.96. The zero-order valence-electron chi connectivity index (χ0n) is 12.0. The van der Waals surface area contributed by atoms with Crippen LogP contribution in [0.25, 0.3) is 0 Å². The van der Waals surface area contributed by atoms with Crippen molar-refractivity contribution in [3.63, 3.8) is 0 Å². The fourth-order valence-corrected chi connectivity index (χ4v) is 1.96. The number of carbonyl (C=O) groups excluding carboxylic acids is 2. The number of nitrogens with one attached hydrogen (secondary N) is 1. The molecule has 1 saturated heterocycles. The van der Waals surface area contributed by atoms with Crippen LogP contribution in [0.15, 0.2) is 0 Å². The number of rotatable bonds is 5. The summed E-state index contributed by atoms with van der Waals surface area (Å²) < 4.78 is 15.2. The van der Waals surface area contributed by atoms with Crippen LogP contribution >= 0.6 is 0 Å². The van der Waals surface area contributed by atoms with E-state index in [1.807, 2.05) is 20.8 Å². The number of hydrogen-bond donors (Lipinski definition) is 1. The number of methoxy groups -OCH3 is 1. The second kappa shape index (κ2) is 7.33. The summed E-state index contributed by atoms with van der Waals surface area (Å²) in [7, 11) is 1.34. The smallest absolute Gasteiger partial charge is 0.407 e. The Kier molecular flexibility index (Phi) is 6.08. The number of ether oxygens (including phenoxy) is 3. The number of esters is 1. The molecule has 1 heterocycles. The molecular formula is C13H23NO5. The summed E-state index contributed by atoms with van der Waals surface area (Å²) in [5.74, 6) is 0.0283. The Morgan fingerprint density at radius 1 is 1.42 bits per heavy atom. The predicted octanol–water partition coefficient (Wildman–Crippen LogP) is 1.34. The van der Waals surface area contributed by atoms with E-state index in [1.165, 1.54) is 7.11 Å². The molecule has 0 aliphatic carbocycles. The van der Waals surface area contributed by atoms with Crippen molar-refractivity contribution in [3.8, 4) is 0 Å². The van der Waals surface area contributed by atoms with Crippen molar-refractivity contribution in [2.24, 2.45) is 11.8 Å². The van der Waals surface area contributed by atoms with Crippen molar-refractivity contribution in [2.75, 3.05) is 20.3 Å². The van der Waals surface area contributed by atoms with Gasteiger partial charge in [0.15, 0.2) is 6.10 Å². The van der Waals surface area contributed by atoms with Gasteiger partial charge < -0.3 is 19.5 Å². The summed E-state index contributed by atoms with van der Waals surface area (Å²) >= 11 is 0. The second-order valence-electron chi connectivity index (χ2n) is 5.29. The van der Waals surface area contributed by atoms with Gasteiger partial charge in [-0.1, -0.05) is 20.8 Å². The maximum absolute atomic E-state index is 11.4. The lowest BCUT2D eigenvalue weighted by Gasteiger charge is -2.14. The van der Waals surface area contributed by atoms with E-state index in [0.717, 1.165) is 0 Å². The molecule has 0 aromatic rings. The van der Waals surface area contributed by atoms with Crippen LogP contribution in [-0.4, -0.2) is 44.5 Å². The standard InChI is InChI=1S/C13H23NO5/c1-8(2)7-18-13(16)14-6-10-5-9(3)11(19-10)12(15)17-4/h8-11H,5-7H2,1-4H3,(H,14,16). The molecule has 0 spiro atoms. The molecule has 1 fully saturated rings. The average Bonchev–Trinajstić information content (AvgIpc) is 2.74. The molecule has 6 nitrogen and oxygen atoms in total. The molecule has 0 radical (unpaired) electrons. The Bertz CT molecular complexity index is 318. The Morgan fingerprint density at radius 3 is 2.68 bits per heavy atom. The highest BCUT2D eigenvalue weighted by Gasteiger charge is 2.37. The fraction of sp³-hybridized carbons (Fsp3) is 0.846. The molecule has 1 N–H and O–H groups in total. The summed E-state index contributed by atoms with van der Waals surface area (Å²) in [4.78, 5) is 22.8. The highest BCUT2D eigenvalue weighted by atomic mass is 16.6. The second-order valence-corrected chi connectivity index (χ2v) is 5.29. The van der Waals surface area contributed by atoms with Gasteiger partial charge in [-0.2, -0.15) is 0 Å². The first-order chi connectivity index (χ1) is 8.93. The molecule has 1 amide bonds. The molecule has 0 saturated carbocycles. The zero-order valence-corrected chi connectivity index (χ0v) is 12.0. The maximum Gasteiger partial charge on any atom is 0.407 e. The summed E-state index contributed by atoms with van der Waals surface area (Å²) in [5, 5.41) is 2.64. The van der Waals surface area contributed by atoms with E-state index in [4.69, 9.17) is 9.47 Å². The summed E-state index contributed by atoms with van der Waals surface area (Å²) in [6, 6.07) is 0. The monoisotopic (exact) mass is 273 g/mol. The minimum atomic E-state index is -0.538. The number of amides is 1. The first-order valence-corrected chi connectivity index (χ1v) is 6.58. The van der Waals surface area contributed by atoms with Crippen molar-refractivity contribution in [1.29, 1.82) is 0 Å². The third kappa shape index (κ3) is 5.06. The quantitative estimate of drug-likeness (QED) is 0.765. The molecular weight excluding hydrogens is 250 g/mol. The van der Waals surface area contributed by atoms with Crippen LogP contribution in [-0.2, 0) is 19.0 Å². The minimum absolute atomic E-state index is 0.0888. The Hall–Kier alpha value is -1.30. The van der Waals surface area contributed by atoms with Crippen LogP contribution in [0.2, 0.25) is 0 Å². The van der Waals surface area contributed by atoms with Gasteiger partial charge in [-0.3, -0.25) is 0 Å². The molecule has 0 aromatic heterocycles. The van der Waals surface area contributed by atoms with Crippen molar-refractivity contribution < 1.29 is 23.8 Å². The van der Waals surface area contributed by atoms with Crippen LogP contribution in [0.5, 0.6) is 0 Å². The van der Waals surface area contributed by atoms with Crippen molar-refractivity contribution in [3.05, 3.63) is 0 Å². The largest absolute Gasteiger partial charge is 0.467 e. The van der Waals surface area contributed by atoms with Crippen LogP contribution < -0.4 is 5.32 Å². The normalized spacial score (nSPS) is 26.3. The summed E-state index contributed by atoms with van der Waals surface area (Å²) in [6.45, 7) is 6.60. The van der Waals surface area contributed by atoms with Gasteiger partial charge in [-0.05, 0) is 18.3 Å². The van der Waals surface area contributed by atoms with E-state index in [9.17, 15) is 9.59 Å². The molecule has 1 aliphatic heterocycles. The van der Waals surface area contributed by atoms with E-state index >= 15 is 0 Å². The molecule has 3 atom stereocenters. The maximum atomic E-state index is 11.4. The van der Waals surface area contributed by atoms with E-state index in [1.54, 1.807) is 0 Å². The zero-order chi connectivity index (χ0) is 14.4. The van der Waals surface area contributed by atoms with Gasteiger partial charge >= 0.3 is 12.1 Å². The Labute approximate surface area is 113 Å². The van der Waals surface area contributed by atoms with Crippen molar-refractivity contribution >= 4 is 12.1 Å². The average molecular weight is 273 g/mol. The minimum Gasteiger partial charge on any atom is -0.467 e. The van der Waals surface area contributed by atoms with Crippen molar-refractivity contribution in [1.82, 2.24) is 5.32 Å². The van der Waals surface area contributed by atoms with Gasteiger partial charge in [0.1, 0.15) is 0 Å². The lowest BCUT2D eigenvalue weighted by atomic mass is 10.0. The van der Waals surface area contributed by atoms with E-state index in [2.05, 4.69) is 10.1 Å². The molecule has 3 unspecified atom stereocenters. The summed E-state index contributed by atoms with van der Waals surface area (Å²) in [6.07, 6.45) is -0.454. The molecule has 110 valence electrons. The molecule has 6 heteroatoms. The van der Waals surface area contributed by atoms with Gasteiger partial charge in [-0.15, -0.1) is 0 Å². The SMILES string of the molecule is COC(=O)C1OC(CNC(=O)OCC(C)C)CC1C. The molecule has 0 bridgehead atoms. The highest BCUT2D eigenvalue weighted by molar-refractivity contribution is 5.75. The molecule has 1 rings (SSSR count). The van der Waals surface area contributed by atoms with Gasteiger partial charge in [0.2, 0.25) is 0 Å². The van der Waals surface area contributed by atoms with Crippen molar-refractivity contribution in [2.45, 2.75) is 39.4 Å². The van der Waals surface area contributed by atoms with Gasteiger partial charge in [0.25, 0.3) is 0 Å². The van der Waals surface area contributed by atoms with E-state index in [0.29, 0.717) is 25.5 Å². The van der Waals surface area contributed by atoms with Crippen LogP contribution in [0, 0.1) is 11.8 Å². The molecule has 1 aliphatic rings. The lowest BCUT2D eigenvalue weighted by molar-refractivity contribution is -0.154. The third-order valence-corrected chi connectivity index (χ3v) is 2.95. The highest BCUT2D eigenvalue weighted by Crippen LogP contribution is 2.26. The predicted molar refractivity (Wildman–Crippen MR) is 68.6 cm³/mol. The first kappa shape index (κ1) is 15.8. The van der Waals surface area contributed by atoms with Gasteiger partial charge in [-0.25, -0.2) is 9.59 Å². The van der Waals surface area contributed by atoms with Crippen LogP contribution in [0.1, 0.15) is 27.2 Å². The van der Waals surface area contributed by atoms with Gasteiger partial charge in [0, 0.05) is 6.54 Å².